The molecule has 3 N–H and O–H groups in total. The van der Waals surface area contributed by atoms with Crippen molar-refractivity contribution in [2.24, 2.45) is 14.1 Å². The van der Waals surface area contributed by atoms with Gasteiger partial charge in [-0.3, -0.25) is 9.13 Å². The van der Waals surface area contributed by atoms with Gasteiger partial charge in [0.25, 0.3) is 0 Å². The fourth-order valence-electron chi connectivity index (χ4n) is 2.85. The predicted molar refractivity (Wildman–Crippen MR) is 90.5 cm³/mol. The second-order valence-electron chi connectivity index (χ2n) is 5.73. The lowest BCUT2D eigenvalue weighted by molar-refractivity contribution is -0.140. The SMILES string of the molecule is CCOC(=O)C1=CN(c2ccc3c(c2)n(C)c(=O)n3C)C(O)NC1O. The molecule has 1 aliphatic rings. The van der Waals surface area contributed by atoms with E-state index in [0.29, 0.717) is 11.2 Å². The summed E-state index contributed by atoms with van der Waals surface area (Å²) in [6.07, 6.45) is -1.24. The molecule has 2 aromatic rings. The van der Waals surface area contributed by atoms with E-state index in [9.17, 15) is 19.8 Å². The Morgan fingerprint density at radius 3 is 2.60 bits per heavy atom. The summed E-state index contributed by atoms with van der Waals surface area (Å²) < 4.78 is 7.93. The standard InChI is InChI=1S/C16H20N4O5/c1-4-25-14(22)10-8-20(15(23)17-13(10)21)9-5-6-11-12(7-9)19(3)16(24)18(11)2/h5-8,13,15,17,21,23H,4H2,1-3H3. The van der Waals surface area contributed by atoms with Crippen molar-refractivity contribution in [1.82, 2.24) is 14.5 Å². The number of nitrogens with one attached hydrogen (secondary N) is 1. The van der Waals surface area contributed by atoms with Crippen molar-refractivity contribution in [2.45, 2.75) is 19.5 Å². The van der Waals surface area contributed by atoms with E-state index >= 15 is 0 Å². The van der Waals surface area contributed by atoms with Crippen molar-refractivity contribution < 1.29 is 19.7 Å². The molecule has 2 unspecified atom stereocenters. The summed E-state index contributed by atoms with van der Waals surface area (Å²) >= 11 is 0. The Morgan fingerprint density at radius 2 is 1.92 bits per heavy atom. The van der Waals surface area contributed by atoms with E-state index in [4.69, 9.17) is 4.74 Å². The average molecular weight is 348 g/mol. The molecule has 1 aromatic carbocycles. The third kappa shape index (κ3) is 2.82. The van der Waals surface area contributed by atoms with Crippen LogP contribution in [0.4, 0.5) is 5.69 Å². The number of aliphatic hydroxyl groups is 2. The van der Waals surface area contributed by atoms with Crippen LogP contribution < -0.4 is 15.9 Å². The van der Waals surface area contributed by atoms with Crippen LogP contribution in [0.2, 0.25) is 0 Å². The molecular weight excluding hydrogens is 328 g/mol. The largest absolute Gasteiger partial charge is 0.462 e. The Kier molecular flexibility index (Phi) is 4.38. The third-order valence-corrected chi connectivity index (χ3v) is 4.21. The first kappa shape index (κ1) is 17.2. The first-order valence-electron chi connectivity index (χ1n) is 7.80. The molecule has 1 aromatic heterocycles. The van der Waals surface area contributed by atoms with Gasteiger partial charge in [-0.1, -0.05) is 0 Å². The molecule has 0 radical (unpaired) electrons. The number of nitrogens with zero attached hydrogens (tertiary/aromatic N) is 3. The molecule has 1 aliphatic heterocycles. The van der Waals surface area contributed by atoms with E-state index in [1.165, 1.54) is 20.2 Å². The highest BCUT2D eigenvalue weighted by molar-refractivity contribution is 5.90. The van der Waals surface area contributed by atoms with Crippen LogP contribution >= 0.6 is 0 Å². The number of carbonyl (C=O) groups is 1. The minimum atomic E-state index is -1.34. The molecule has 3 rings (SSSR count). The molecule has 9 heteroatoms. The maximum atomic E-state index is 12.0. The minimum absolute atomic E-state index is 0.0193. The van der Waals surface area contributed by atoms with Gasteiger partial charge in [0.1, 0.15) is 6.23 Å². The highest BCUT2D eigenvalue weighted by Gasteiger charge is 2.31. The van der Waals surface area contributed by atoms with Crippen LogP contribution in [0.5, 0.6) is 0 Å². The van der Waals surface area contributed by atoms with Crippen molar-refractivity contribution in [3.63, 3.8) is 0 Å². The zero-order valence-corrected chi connectivity index (χ0v) is 14.1. The Labute approximate surface area is 143 Å². The van der Waals surface area contributed by atoms with Crippen molar-refractivity contribution in [3.05, 3.63) is 40.5 Å². The smallest absolute Gasteiger partial charge is 0.339 e. The fourth-order valence-corrected chi connectivity index (χ4v) is 2.85. The molecule has 134 valence electrons. The molecule has 2 atom stereocenters. The Bertz CT molecular complexity index is 913. The lowest BCUT2D eigenvalue weighted by Gasteiger charge is -2.34. The molecule has 0 amide bonds. The molecule has 0 bridgehead atoms. The molecular formula is C16H20N4O5. The summed E-state index contributed by atoms with van der Waals surface area (Å²) in [4.78, 5) is 25.4. The zero-order valence-electron chi connectivity index (χ0n) is 14.1. The van der Waals surface area contributed by atoms with E-state index in [1.54, 1.807) is 39.2 Å². The first-order valence-corrected chi connectivity index (χ1v) is 7.80. The summed E-state index contributed by atoms with van der Waals surface area (Å²) in [7, 11) is 3.33. The van der Waals surface area contributed by atoms with E-state index in [1.807, 2.05) is 0 Å². The molecule has 0 saturated carbocycles. The number of aromatic nitrogens is 2. The second kappa shape index (κ2) is 6.36. The molecule has 0 aliphatic carbocycles. The van der Waals surface area contributed by atoms with E-state index in [2.05, 4.69) is 5.32 Å². The number of carbonyl (C=O) groups excluding carboxylic acids is 1. The molecule has 0 fully saturated rings. The van der Waals surface area contributed by atoms with Crippen molar-refractivity contribution in [3.8, 4) is 0 Å². The summed E-state index contributed by atoms with van der Waals surface area (Å²) in [5, 5.41) is 22.6. The van der Waals surface area contributed by atoms with Crippen molar-refractivity contribution in [2.75, 3.05) is 11.5 Å². The van der Waals surface area contributed by atoms with Gasteiger partial charge < -0.3 is 19.8 Å². The first-order chi connectivity index (χ1) is 11.8. The van der Waals surface area contributed by atoms with Crippen LogP contribution in [0.1, 0.15) is 6.92 Å². The van der Waals surface area contributed by atoms with Crippen LogP contribution in [0.15, 0.2) is 34.8 Å². The van der Waals surface area contributed by atoms with Gasteiger partial charge in [0.2, 0.25) is 0 Å². The van der Waals surface area contributed by atoms with Crippen molar-refractivity contribution in [1.29, 1.82) is 0 Å². The number of aryl methyl sites for hydroxylation is 2. The lowest BCUT2D eigenvalue weighted by atomic mass is 10.2. The highest BCUT2D eigenvalue weighted by atomic mass is 16.5. The number of imidazole rings is 1. The Hall–Kier alpha value is -2.62. The number of rotatable bonds is 3. The molecule has 0 saturated heterocycles. The average Bonchev–Trinajstić information content (AvgIpc) is 2.79. The minimum Gasteiger partial charge on any atom is -0.462 e. The number of fused-ring (bicyclic) bond motifs is 1. The number of esters is 1. The maximum Gasteiger partial charge on any atom is 0.339 e. The predicted octanol–water partition coefficient (Wildman–Crippen LogP) is -0.672. The number of hydrogen-bond donors (Lipinski definition) is 3. The summed E-state index contributed by atoms with van der Waals surface area (Å²) in [6.45, 7) is 1.83. The number of aliphatic hydroxyl groups excluding tert-OH is 2. The van der Waals surface area contributed by atoms with E-state index < -0.39 is 18.5 Å². The number of ether oxygens (including phenoxy) is 1. The van der Waals surface area contributed by atoms with Gasteiger partial charge in [0.05, 0.1) is 23.2 Å². The van der Waals surface area contributed by atoms with Gasteiger partial charge in [-0.25, -0.2) is 14.9 Å². The van der Waals surface area contributed by atoms with E-state index in [-0.39, 0.29) is 17.9 Å². The van der Waals surface area contributed by atoms with Crippen LogP contribution in [0.3, 0.4) is 0 Å². The van der Waals surface area contributed by atoms with Gasteiger partial charge in [-0.05, 0) is 25.1 Å². The molecule has 0 spiro atoms. The van der Waals surface area contributed by atoms with Gasteiger partial charge in [0, 0.05) is 26.0 Å². The summed E-state index contributed by atoms with van der Waals surface area (Å²) in [5.74, 6) is -0.674. The van der Waals surface area contributed by atoms with Gasteiger partial charge >= 0.3 is 11.7 Å². The monoisotopic (exact) mass is 348 g/mol. The van der Waals surface area contributed by atoms with Crippen LogP contribution in [0, 0.1) is 0 Å². The van der Waals surface area contributed by atoms with Gasteiger partial charge in [0.15, 0.2) is 6.35 Å². The summed E-state index contributed by atoms with van der Waals surface area (Å²) in [6, 6.07) is 5.18. The van der Waals surface area contributed by atoms with Crippen LogP contribution in [-0.2, 0) is 23.6 Å². The third-order valence-electron chi connectivity index (χ3n) is 4.21. The summed E-state index contributed by atoms with van der Waals surface area (Å²) in [5.41, 5.74) is 1.78. The van der Waals surface area contributed by atoms with Crippen molar-refractivity contribution >= 4 is 22.7 Å². The zero-order chi connectivity index (χ0) is 18.3. The normalized spacial score (nSPS) is 20.7. The number of hydrogen-bond acceptors (Lipinski definition) is 7. The quantitative estimate of drug-likeness (QED) is 0.631. The topological polar surface area (TPSA) is 109 Å². The second-order valence-corrected chi connectivity index (χ2v) is 5.73. The molecule has 2 heterocycles. The van der Waals surface area contributed by atoms with Crippen LogP contribution in [0.25, 0.3) is 11.0 Å². The van der Waals surface area contributed by atoms with Gasteiger partial charge in [-0.2, -0.15) is 0 Å². The Balaban J connectivity index is 2.07. The van der Waals surface area contributed by atoms with Gasteiger partial charge in [-0.15, -0.1) is 0 Å². The number of benzene rings is 1. The molecule has 9 nitrogen and oxygen atoms in total. The maximum absolute atomic E-state index is 12.0. The number of anilines is 1. The Morgan fingerprint density at radius 1 is 1.24 bits per heavy atom. The molecule has 25 heavy (non-hydrogen) atoms. The highest BCUT2D eigenvalue weighted by Crippen LogP contribution is 2.25. The van der Waals surface area contributed by atoms with E-state index in [0.717, 1.165) is 5.52 Å². The lowest BCUT2D eigenvalue weighted by Crippen LogP contribution is -2.54. The fraction of sp³-hybridized carbons (Fsp3) is 0.375. The van der Waals surface area contributed by atoms with Crippen LogP contribution in [-0.4, -0.2) is 44.5 Å².